The lowest BCUT2D eigenvalue weighted by Crippen LogP contribution is -2.03. The van der Waals surface area contributed by atoms with E-state index in [1.54, 1.807) is 6.08 Å². The van der Waals surface area contributed by atoms with E-state index in [1.807, 2.05) is 0 Å². The Bertz CT molecular complexity index is 257. The molecular formula is C9H11NO2. The molecule has 3 heteroatoms. The molecule has 0 radical (unpaired) electrons. The molecule has 0 aromatic heterocycles. The molecule has 0 aromatic carbocycles. The second-order valence-corrected chi connectivity index (χ2v) is 3.57. The molecule has 0 aliphatic heterocycles. The number of fused-ring (bicyclic) bond motifs is 2. The third-order valence-corrected chi connectivity index (χ3v) is 2.79. The van der Waals surface area contributed by atoms with Gasteiger partial charge in [0.1, 0.15) is 0 Å². The number of allylic oxidation sites excluding steroid dienone is 3. The predicted molar refractivity (Wildman–Crippen MR) is 45.0 cm³/mol. The summed E-state index contributed by atoms with van der Waals surface area (Å²) in [7, 11) is 0. The zero-order valence-electron chi connectivity index (χ0n) is 6.72. The number of nitrogens with zero attached hydrogens (tertiary/aromatic N) is 1. The van der Waals surface area contributed by atoms with Crippen molar-refractivity contribution in [1.29, 1.82) is 0 Å². The second-order valence-electron chi connectivity index (χ2n) is 3.57. The summed E-state index contributed by atoms with van der Waals surface area (Å²) < 4.78 is 0. The minimum atomic E-state index is -0.379. The lowest BCUT2D eigenvalue weighted by atomic mass is 9.94. The Morgan fingerprint density at radius 3 is 2.75 bits per heavy atom. The minimum absolute atomic E-state index is 0.379. The zero-order valence-corrected chi connectivity index (χ0v) is 6.72. The van der Waals surface area contributed by atoms with Gasteiger partial charge in [-0.3, -0.25) is 10.1 Å². The average Bonchev–Trinajstić information content (AvgIpc) is 2.60. The monoisotopic (exact) mass is 165 g/mol. The molecule has 2 aliphatic carbocycles. The molecule has 3 nitrogen and oxygen atoms in total. The molecule has 1 fully saturated rings. The third kappa shape index (κ3) is 1.26. The van der Waals surface area contributed by atoms with E-state index >= 15 is 0 Å². The fraction of sp³-hybridized carbons (Fsp3) is 0.556. The Morgan fingerprint density at radius 1 is 1.42 bits per heavy atom. The molecule has 1 saturated carbocycles. The van der Waals surface area contributed by atoms with Gasteiger partial charge in [0.05, 0.1) is 4.92 Å². The van der Waals surface area contributed by atoms with Crippen LogP contribution in [0.2, 0.25) is 0 Å². The molecule has 2 aliphatic rings. The largest absolute Gasteiger partial charge is 0.259 e. The van der Waals surface area contributed by atoms with E-state index in [4.69, 9.17) is 0 Å². The number of hydrogen-bond acceptors (Lipinski definition) is 2. The molecule has 2 rings (SSSR count). The number of hydrogen-bond donors (Lipinski definition) is 0. The van der Waals surface area contributed by atoms with Gasteiger partial charge in [0.2, 0.25) is 6.20 Å². The summed E-state index contributed by atoms with van der Waals surface area (Å²) >= 11 is 0. The van der Waals surface area contributed by atoms with Crippen LogP contribution in [0.4, 0.5) is 0 Å². The van der Waals surface area contributed by atoms with Crippen molar-refractivity contribution in [1.82, 2.24) is 0 Å². The van der Waals surface area contributed by atoms with Gasteiger partial charge in [0, 0.05) is 0 Å². The van der Waals surface area contributed by atoms with E-state index in [2.05, 4.69) is 12.2 Å². The number of nitro groups is 1. The first-order chi connectivity index (χ1) is 5.75. The first-order valence-corrected chi connectivity index (χ1v) is 4.26. The Balaban J connectivity index is 1.99. The van der Waals surface area contributed by atoms with Crippen LogP contribution in [0.3, 0.4) is 0 Å². The van der Waals surface area contributed by atoms with Crippen LogP contribution >= 0.6 is 0 Å². The highest BCUT2D eigenvalue weighted by Crippen LogP contribution is 2.43. The second kappa shape index (κ2) is 2.73. The molecule has 3 atom stereocenters. The van der Waals surface area contributed by atoms with Crippen LogP contribution in [-0.4, -0.2) is 4.92 Å². The molecule has 0 spiro atoms. The van der Waals surface area contributed by atoms with Crippen molar-refractivity contribution in [2.24, 2.45) is 17.8 Å². The van der Waals surface area contributed by atoms with Crippen LogP contribution in [0, 0.1) is 27.9 Å². The van der Waals surface area contributed by atoms with E-state index in [1.165, 1.54) is 6.42 Å². The summed E-state index contributed by atoms with van der Waals surface area (Å²) in [4.78, 5) is 9.68. The smallest absolute Gasteiger partial charge is 0.230 e. The first-order valence-electron chi connectivity index (χ1n) is 4.26. The van der Waals surface area contributed by atoms with Gasteiger partial charge in [0.25, 0.3) is 0 Å². The van der Waals surface area contributed by atoms with Crippen molar-refractivity contribution in [3.63, 3.8) is 0 Å². The maximum atomic E-state index is 10.1. The van der Waals surface area contributed by atoms with Gasteiger partial charge in [-0.25, -0.2) is 0 Å². The molecule has 0 amide bonds. The highest BCUT2D eigenvalue weighted by molar-refractivity contribution is 5.13. The molecular weight excluding hydrogens is 154 g/mol. The van der Waals surface area contributed by atoms with Crippen LogP contribution < -0.4 is 0 Å². The molecule has 0 N–H and O–H groups in total. The highest BCUT2D eigenvalue weighted by atomic mass is 16.6. The Morgan fingerprint density at radius 2 is 2.25 bits per heavy atom. The lowest BCUT2D eigenvalue weighted by Gasteiger charge is -2.11. The van der Waals surface area contributed by atoms with Crippen molar-refractivity contribution >= 4 is 0 Å². The lowest BCUT2D eigenvalue weighted by molar-refractivity contribution is -0.402. The van der Waals surface area contributed by atoms with Crippen LogP contribution in [-0.2, 0) is 0 Å². The molecule has 2 bridgehead atoms. The van der Waals surface area contributed by atoms with E-state index in [0.717, 1.165) is 12.6 Å². The van der Waals surface area contributed by atoms with E-state index < -0.39 is 0 Å². The van der Waals surface area contributed by atoms with Crippen molar-refractivity contribution in [2.45, 2.75) is 12.8 Å². The van der Waals surface area contributed by atoms with Crippen LogP contribution in [0.25, 0.3) is 0 Å². The topological polar surface area (TPSA) is 43.1 Å². The standard InChI is InChI=1S/C9H11NO2/c11-10(12)4-3-9-6-7-1-2-8(9)5-7/h1-4,7-9H,5-6H2/b4-3-/t7-,8+,9-/m1/s1. The highest BCUT2D eigenvalue weighted by Gasteiger charge is 2.34. The normalized spacial score (nSPS) is 38.2. The van der Waals surface area contributed by atoms with Gasteiger partial charge < -0.3 is 0 Å². The van der Waals surface area contributed by atoms with E-state index in [-0.39, 0.29) is 4.92 Å². The Labute approximate surface area is 70.9 Å². The average molecular weight is 165 g/mol. The zero-order chi connectivity index (χ0) is 8.55. The fourth-order valence-corrected chi connectivity index (χ4v) is 2.23. The fourth-order valence-electron chi connectivity index (χ4n) is 2.23. The summed E-state index contributed by atoms with van der Waals surface area (Å²) in [6.45, 7) is 0. The predicted octanol–water partition coefficient (Wildman–Crippen LogP) is 1.99. The van der Waals surface area contributed by atoms with Crippen LogP contribution in [0.5, 0.6) is 0 Å². The SMILES string of the molecule is O=[N+]([O-])/C=C\[C@@H]1C[C@@H]2C=C[C@H]1C2. The van der Waals surface area contributed by atoms with Crippen LogP contribution in [0.1, 0.15) is 12.8 Å². The number of rotatable bonds is 2. The van der Waals surface area contributed by atoms with Crippen LogP contribution in [0.15, 0.2) is 24.4 Å². The van der Waals surface area contributed by atoms with Gasteiger partial charge in [-0.2, -0.15) is 0 Å². The van der Waals surface area contributed by atoms with Gasteiger partial charge in [-0.1, -0.05) is 12.2 Å². The van der Waals surface area contributed by atoms with Crippen molar-refractivity contribution in [3.8, 4) is 0 Å². The van der Waals surface area contributed by atoms with Crippen molar-refractivity contribution in [2.75, 3.05) is 0 Å². The third-order valence-electron chi connectivity index (χ3n) is 2.79. The van der Waals surface area contributed by atoms with E-state index in [9.17, 15) is 10.1 Å². The summed E-state index contributed by atoms with van der Waals surface area (Å²) in [5, 5.41) is 10.1. The summed E-state index contributed by atoms with van der Waals surface area (Å²) in [6.07, 6.45) is 9.57. The van der Waals surface area contributed by atoms with Crippen molar-refractivity contribution < 1.29 is 4.92 Å². The maximum absolute atomic E-state index is 10.1. The quantitative estimate of drug-likeness (QED) is 0.357. The molecule has 64 valence electrons. The van der Waals surface area contributed by atoms with Gasteiger partial charge in [-0.15, -0.1) is 0 Å². The molecule has 0 saturated heterocycles. The summed E-state index contributed by atoms with van der Waals surface area (Å²) in [5.74, 6) is 1.69. The van der Waals surface area contributed by atoms with Crippen molar-refractivity contribution in [3.05, 3.63) is 34.5 Å². The van der Waals surface area contributed by atoms with Gasteiger partial charge >= 0.3 is 0 Å². The Hall–Kier alpha value is -1.12. The van der Waals surface area contributed by atoms with Gasteiger partial charge in [0.15, 0.2) is 0 Å². The summed E-state index contributed by atoms with van der Waals surface area (Å²) in [5.41, 5.74) is 0. The molecule has 0 heterocycles. The minimum Gasteiger partial charge on any atom is -0.259 e. The first kappa shape index (κ1) is 7.53. The maximum Gasteiger partial charge on any atom is 0.230 e. The van der Waals surface area contributed by atoms with Gasteiger partial charge in [-0.05, 0) is 36.7 Å². The molecule has 0 unspecified atom stereocenters. The Kier molecular flexibility index (Phi) is 1.71. The molecule has 12 heavy (non-hydrogen) atoms. The molecule has 0 aromatic rings. The summed E-state index contributed by atoms with van der Waals surface area (Å²) in [6, 6.07) is 0. The van der Waals surface area contributed by atoms with E-state index in [0.29, 0.717) is 17.8 Å².